The van der Waals surface area contributed by atoms with E-state index in [1.807, 2.05) is 55.5 Å². The lowest BCUT2D eigenvalue weighted by Gasteiger charge is -2.10. The molecule has 1 N–H and O–H groups in total. The van der Waals surface area contributed by atoms with Crippen molar-refractivity contribution in [2.24, 2.45) is 0 Å². The summed E-state index contributed by atoms with van der Waals surface area (Å²) in [4.78, 5) is 33.4. The van der Waals surface area contributed by atoms with Gasteiger partial charge in [-0.3, -0.25) is 9.59 Å². The Hall–Kier alpha value is -3.51. The highest BCUT2D eigenvalue weighted by Crippen LogP contribution is 2.30. The van der Waals surface area contributed by atoms with Crippen molar-refractivity contribution in [2.45, 2.75) is 18.9 Å². The lowest BCUT2D eigenvalue weighted by atomic mass is 10.1. The summed E-state index contributed by atoms with van der Waals surface area (Å²) in [5.41, 5.74) is 4.16. The molecule has 4 aromatic rings. The summed E-state index contributed by atoms with van der Waals surface area (Å²) in [5.74, 6) is 0.711. The van der Waals surface area contributed by atoms with Gasteiger partial charge in [-0.15, -0.1) is 0 Å². The number of aromatic nitrogens is 2. The van der Waals surface area contributed by atoms with E-state index in [2.05, 4.69) is 5.32 Å². The number of ketones is 1. The molecule has 31 heavy (non-hydrogen) atoms. The number of nitrogens with zero attached hydrogens (tertiary/aromatic N) is 2. The molecule has 0 aliphatic carbocycles. The maximum absolute atomic E-state index is 12.5. The van der Waals surface area contributed by atoms with Crippen molar-refractivity contribution in [3.05, 3.63) is 83.9 Å². The number of para-hydroxylation sites is 1. The molecule has 0 saturated heterocycles. The largest absolute Gasteiger partial charge is 0.325 e. The van der Waals surface area contributed by atoms with Gasteiger partial charge in [0.2, 0.25) is 5.91 Å². The van der Waals surface area contributed by atoms with Crippen LogP contribution >= 0.6 is 11.8 Å². The Bertz CT molecular complexity index is 1260. The van der Waals surface area contributed by atoms with Gasteiger partial charge in [0, 0.05) is 22.2 Å². The molecule has 0 aliphatic heterocycles. The fourth-order valence-corrected chi connectivity index (χ4v) is 4.02. The highest BCUT2D eigenvalue weighted by molar-refractivity contribution is 8.00. The zero-order valence-corrected chi connectivity index (χ0v) is 18.1. The van der Waals surface area contributed by atoms with E-state index in [1.165, 1.54) is 18.7 Å². The van der Waals surface area contributed by atoms with Crippen LogP contribution in [0, 0.1) is 6.92 Å². The van der Waals surface area contributed by atoms with Crippen LogP contribution in [0.4, 0.5) is 5.69 Å². The normalized spacial score (nSPS) is 10.8. The summed E-state index contributed by atoms with van der Waals surface area (Å²) in [7, 11) is 0. The third-order valence-electron chi connectivity index (χ3n) is 4.84. The van der Waals surface area contributed by atoms with Crippen LogP contribution < -0.4 is 5.32 Å². The molecular weight excluding hydrogens is 406 g/mol. The van der Waals surface area contributed by atoms with Gasteiger partial charge in [-0.2, -0.15) is 0 Å². The summed E-state index contributed by atoms with van der Waals surface area (Å²) in [6.07, 6.45) is 0. The Morgan fingerprint density at radius 3 is 2.35 bits per heavy atom. The number of hydrogen-bond acceptors (Lipinski definition) is 5. The molecule has 154 valence electrons. The minimum atomic E-state index is -0.138. The minimum absolute atomic E-state index is 0.00594. The molecule has 0 radical (unpaired) electrons. The van der Waals surface area contributed by atoms with Crippen LogP contribution in [-0.4, -0.2) is 27.4 Å². The average Bonchev–Trinajstić information content (AvgIpc) is 2.79. The molecule has 0 fully saturated rings. The molecular formula is C25H21N3O2S. The van der Waals surface area contributed by atoms with Crippen molar-refractivity contribution in [1.29, 1.82) is 0 Å². The Morgan fingerprint density at radius 2 is 1.65 bits per heavy atom. The van der Waals surface area contributed by atoms with E-state index in [0.29, 0.717) is 17.1 Å². The van der Waals surface area contributed by atoms with E-state index in [4.69, 9.17) is 9.97 Å². The topological polar surface area (TPSA) is 72.0 Å². The number of rotatable bonds is 6. The average molecular weight is 428 g/mol. The van der Waals surface area contributed by atoms with Gasteiger partial charge in [-0.1, -0.05) is 60.3 Å². The molecule has 0 spiro atoms. The predicted molar refractivity (Wildman–Crippen MR) is 126 cm³/mol. The molecule has 0 aliphatic rings. The first-order valence-electron chi connectivity index (χ1n) is 9.88. The predicted octanol–water partition coefficient (Wildman–Crippen LogP) is 5.54. The van der Waals surface area contributed by atoms with Crippen LogP contribution in [0.5, 0.6) is 0 Å². The SMILES string of the molecule is CC(=O)c1ccc(NC(=O)CSc2nc(-c3ccccc3)nc3c(C)cccc23)cc1. The molecule has 4 rings (SSSR count). The second kappa shape index (κ2) is 9.10. The number of hydrogen-bond donors (Lipinski definition) is 1. The lowest BCUT2D eigenvalue weighted by molar-refractivity contribution is -0.113. The summed E-state index contributed by atoms with van der Waals surface area (Å²) in [5, 5.41) is 4.58. The van der Waals surface area contributed by atoms with Gasteiger partial charge >= 0.3 is 0 Å². The number of anilines is 1. The number of nitrogens with one attached hydrogen (secondary N) is 1. The highest BCUT2D eigenvalue weighted by atomic mass is 32.2. The van der Waals surface area contributed by atoms with Gasteiger partial charge in [0.25, 0.3) is 0 Å². The maximum Gasteiger partial charge on any atom is 0.234 e. The fraction of sp³-hybridized carbons (Fsp3) is 0.120. The Labute approximate surface area is 184 Å². The van der Waals surface area contributed by atoms with Crippen molar-refractivity contribution < 1.29 is 9.59 Å². The summed E-state index contributed by atoms with van der Waals surface area (Å²) in [6.45, 7) is 3.54. The van der Waals surface area contributed by atoms with Crippen molar-refractivity contribution in [3.63, 3.8) is 0 Å². The summed E-state index contributed by atoms with van der Waals surface area (Å²) >= 11 is 1.39. The Kier molecular flexibility index (Phi) is 6.09. The number of Topliss-reactive ketones (excluding diaryl/α,β-unsaturated/α-hetero) is 1. The molecule has 1 aromatic heterocycles. The zero-order valence-electron chi connectivity index (χ0n) is 17.3. The molecule has 0 saturated carbocycles. The molecule has 5 nitrogen and oxygen atoms in total. The maximum atomic E-state index is 12.5. The van der Waals surface area contributed by atoms with Crippen molar-refractivity contribution >= 4 is 40.0 Å². The number of carbonyl (C=O) groups excluding carboxylic acids is 2. The molecule has 1 heterocycles. The van der Waals surface area contributed by atoms with Gasteiger partial charge in [-0.05, 0) is 43.7 Å². The van der Waals surface area contributed by atoms with Gasteiger partial charge < -0.3 is 5.32 Å². The molecule has 1 amide bonds. The quantitative estimate of drug-likeness (QED) is 0.249. The highest BCUT2D eigenvalue weighted by Gasteiger charge is 2.13. The van der Waals surface area contributed by atoms with Crippen LogP contribution in [0.15, 0.2) is 77.8 Å². The summed E-state index contributed by atoms with van der Waals surface area (Å²) < 4.78 is 0. The van der Waals surface area contributed by atoms with Crippen LogP contribution in [-0.2, 0) is 4.79 Å². The number of benzene rings is 3. The Balaban J connectivity index is 1.56. The van der Waals surface area contributed by atoms with Gasteiger partial charge in [-0.25, -0.2) is 9.97 Å². The third-order valence-corrected chi connectivity index (χ3v) is 5.83. The smallest absolute Gasteiger partial charge is 0.234 e. The minimum Gasteiger partial charge on any atom is -0.325 e. The van der Waals surface area contributed by atoms with Crippen molar-refractivity contribution in [3.8, 4) is 11.4 Å². The van der Waals surface area contributed by atoms with Gasteiger partial charge in [0.1, 0.15) is 5.03 Å². The second-order valence-corrected chi connectivity index (χ2v) is 8.12. The van der Waals surface area contributed by atoms with Crippen molar-refractivity contribution in [1.82, 2.24) is 9.97 Å². The monoisotopic (exact) mass is 427 g/mol. The number of carbonyl (C=O) groups is 2. The van der Waals surface area contributed by atoms with Gasteiger partial charge in [0.05, 0.1) is 11.3 Å². The third kappa shape index (κ3) is 4.81. The summed E-state index contributed by atoms with van der Waals surface area (Å²) in [6, 6.07) is 22.7. The van der Waals surface area contributed by atoms with Crippen molar-refractivity contribution in [2.75, 3.05) is 11.1 Å². The van der Waals surface area contributed by atoms with Crippen LogP contribution in [0.3, 0.4) is 0 Å². The van der Waals surface area contributed by atoms with E-state index >= 15 is 0 Å². The number of aryl methyl sites for hydroxylation is 1. The van der Waals surface area contributed by atoms with Crippen LogP contribution in [0.2, 0.25) is 0 Å². The number of thioether (sulfide) groups is 1. The number of fused-ring (bicyclic) bond motifs is 1. The van der Waals surface area contributed by atoms with E-state index in [9.17, 15) is 9.59 Å². The van der Waals surface area contributed by atoms with E-state index in [0.717, 1.165) is 27.1 Å². The van der Waals surface area contributed by atoms with Gasteiger partial charge in [0.15, 0.2) is 11.6 Å². The second-order valence-electron chi connectivity index (χ2n) is 7.16. The first kappa shape index (κ1) is 20.8. The van der Waals surface area contributed by atoms with Crippen LogP contribution in [0.25, 0.3) is 22.3 Å². The molecule has 3 aromatic carbocycles. The molecule has 0 atom stereocenters. The van der Waals surface area contributed by atoms with Crippen LogP contribution in [0.1, 0.15) is 22.8 Å². The zero-order chi connectivity index (χ0) is 21.8. The lowest BCUT2D eigenvalue weighted by Crippen LogP contribution is -2.14. The first-order valence-corrected chi connectivity index (χ1v) is 10.9. The standard InChI is InChI=1S/C25H21N3O2S/c1-16-7-6-10-21-23(16)27-24(19-8-4-3-5-9-19)28-25(21)31-15-22(30)26-20-13-11-18(12-14-20)17(2)29/h3-14H,15H2,1-2H3,(H,26,30). The molecule has 0 bridgehead atoms. The van der Waals surface area contributed by atoms with E-state index in [1.54, 1.807) is 24.3 Å². The van der Waals surface area contributed by atoms with E-state index in [-0.39, 0.29) is 17.4 Å². The Morgan fingerprint density at radius 1 is 0.903 bits per heavy atom. The van der Waals surface area contributed by atoms with E-state index < -0.39 is 0 Å². The molecule has 6 heteroatoms. The molecule has 0 unspecified atom stereocenters. The fourth-order valence-electron chi connectivity index (χ4n) is 3.21. The number of amides is 1. The first-order chi connectivity index (χ1) is 15.0.